The normalized spacial score (nSPS) is 10.6. The highest BCUT2D eigenvalue weighted by atomic mass is 16.6. The fraction of sp³-hybridized carbons (Fsp3) is 0.214. The van der Waals surface area contributed by atoms with Crippen LogP contribution in [-0.4, -0.2) is 60.3 Å². The Kier molecular flexibility index (Phi) is 9.03. The highest BCUT2D eigenvalue weighted by Gasteiger charge is 2.22. The molecule has 4 aromatic rings. The molecule has 10 nitrogen and oxygen atoms in total. The molecule has 38 heavy (non-hydrogen) atoms. The van der Waals surface area contributed by atoms with E-state index in [1.165, 1.54) is 4.90 Å². The average Bonchev–Trinajstić information content (AvgIpc) is 2.94. The number of ether oxygens (including phenoxy) is 3. The summed E-state index contributed by atoms with van der Waals surface area (Å²) in [4.78, 5) is 29.7. The predicted molar refractivity (Wildman–Crippen MR) is 145 cm³/mol. The Morgan fingerprint density at radius 1 is 0.947 bits per heavy atom. The van der Waals surface area contributed by atoms with Crippen LogP contribution in [0.25, 0.3) is 0 Å². The molecule has 196 valence electrons. The summed E-state index contributed by atoms with van der Waals surface area (Å²) in [5.74, 6) is 2.10. The summed E-state index contributed by atoms with van der Waals surface area (Å²) in [6.07, 6.45) is 4.30. The molecule has 0 bridgehead atoms. The first kappa shape index (κ1) is 26.4. The van der Waals surface area contributed by atoms with Gasteiger partial charge in [0, 0.05) is 42.5 Å². The fourth-order valence-corrected chi connectivity index (χ4v) is 3.40. The van der Waals surface area contributed by atoms with Crippen molar-refractivity contribution in [3.05, 3.63) is 90.9 Å². The molecule has 0 aliphatic heterocycles. The van der Waals surface area contributed by atoms with E-state index < -0.39 is 6.09 Å². The molecule has 2 aromatic carbocycles. The maximum atomic E-state index is 13.3. The van der Waals surface area contributed by atoms with E-state index in [-0.39, 0.29) is 6.61 Å². The predicted octanol–water partition coefficient (Wildman–Crippen LogP) is 5.04. The van der Waals surface area contributed by atoms with Gasteiger partial charge in [-0.15, -0.1) is 0 Å². The van der Waals surface area contributed by atoms with Crippen molar-refractivity contribution in [2.75, 3.05) is 44.6 Å². The summed E-state index contributed by atoms with van der Waals surface area (Å²) in [5.41, 5.74) is 2.11. The lowest BCUT2D eigenvalue weighted by Gasteiger charge is -2.22. The summed E-state index contributed by atoms with van der Waals surface area (Å²) in [5, 5.41) is 3.17. The molecule has 2 heterocycles. The molecule has 1 N–H and O–H groups in total. The van der Waals surface area contributed by atoms with Gasteiger partial charge in [-0.2, -0.15) is 4.98 Å². The van der Waals surface area contributed by atoms with Gasteiger partial charge in [-0.1, -0.05) is 6.07 Å². The summed E-state index contributed by atoms with van der Waals surface area (Å²) in [6.45, 7) is 1.50. The van der Waals surface area contributed by atoms with Crippen LogP contribution < -0.4 is 19.7 Å². The third kappa shape index (κ3) is 7.40. The van der Waals surface area contributed by atoms with Gasteiger partial charge in [0.25, 0.3) is 0 Å². The van der Waals surface area contributed by atoms with Gasteiger partial charge < -0.3 is 24.4 Å². The van der Waals surface area contributed by atoms with Crippen molar-refractivity contribution >= 4 is 29.2 Å². The fourth-order valence-electron chi connectivity index (χ4n) is 3.40. The Labute approximate surface area is 221 Å². The monoisotopic (exact) mass is 514 g/mol. The zero-order valence-electron chi connectivity index (χ0n) is 21.6. The molecule has 0 atom stereocenters. The zero-order valence-corrected chi connectivity index (χ0v) is 21.6. The molecule has 0 fully saturated rings. The number of pyridine rings is 1. The number of carbonyl (C=O) groups excluding carboxylic acids is 1. The second-order valence-corrected chi connectivity index (χ2v) is 8.49. The van der Waals surface area contributed by atoms with Gasteiger partial charge in [-0.25, -0.2) is 14.7 Å². The molecule has 10 heteroatoms. The zero-order chi connectivity index (χ0) is 26.7. The topological polar surface area (TPSA) is 102 Å². The quantitative estimate of drug-likeness (QED) is 0.295. The molecule has 0 spiro atoms. The molecular formula is C28H30N6O4. The number of hydrogen-bond acceptors (Lipinski definition) is 9. The first-order valence-electron chi connectivity index (χ1n) is 12.0. The molecule has 2 aromatic heterocycles. The summed E-state index contributed by atoms with van der Waals surface area (Å²) in [6, 6.07) is 19.8. The van der Waals surface area contributed by atoms with Crippen molar-refractivity contribution in [2.24, 2.45) is 0 Å². The van der Waals surface area contributed by atoms with Crippen LogP contribution in [-0.2, 0) is 11.3 Å². The number of methoxy groups -OCH3 is 1. The van der Waals surface area contributed by atoms with Crippen LogP contribution in [0.4, 0.5) is 27.9 Å². The van der Waals surface area contributed by atoms with Crippen molar-refractivity contribution < 1.29 is 19.0 Å². The molecule has 1 amide bonds. The van der Waals surface area contributed by atoms with Crippen molar-refractivity contribution in [3.63, 3.8) is 0 Å². The van der Waals surface area contributed by atoms with E-state index >= 15 is 0 Å². The number of amides is 1. The van der Waals surface area contributed by atoms with E-state index in [0.717, 1.165) is 23.5 Å². The van der Waals surface area contributed by atoms with Crippen molar-refractivity contribution in [2.45, 2.75) is 6.61 Å². The molecule has 0 aliphatic rings. The Morgan fingerprint density at radius 3 is 2.39 bits per heavy atom. The smallest absolute Gasteiger partial charge is 0.420 e. The molecule has 0 unspecified atom stereocenters. The number of nitrogens with one attached hydrogen (secondary N) is 1. The lowest BCUT2D eigenvalue weighted by Crippen LogP contribution is -2.27. The Morgan fingerprint density at radius 2 is 1.71 bits per heavy atom. The van der Waals surface area contributed by atoms with Gasteiger partial charge in [0.15, 0.2) is 0 Å². The van der Waals surface area contributed by atoms with Gasteiger partial charge >= 0.3 is 6.09 Å². The standard InChI is InChI=1S/C28H30N6O4/c1-33(2)17-18-37-25-10-6-22(7-11-25)31-27-30-16-14-26(32-27)34(23-8-12-24(36-3)13-9-23)28(35)38-20-21-5-4-15-29-19-21/h4-16,19H,17-18,20H2,1-3H3,(H,30,31,32). The van der Waals surface area contributed by atoms with Crippen LogP contribution in [0.2, 0.25) is 0 Å². The minimum atomic E-state index is -0.595. The first-order valence-corrected chi connectivity index (χ1v) is 12.0. The highest BCUT2D eigenvalue weighted by Crippen LogP contribution is 2.28. The van der Waals surface area contributed by atoms with Crippen LogP contribution in [0.1, 0.15) is 5.56 Å². The van der Waals surface area contributed by atoms with Crippen molar-refractivity contribution in [1.29, 1.82) is 0 Å². The third-order valence-corrected chi connectivity index (χ3v) is 5.39. The maximum absolute atomic E-state index is 13.3. The Bertz CT molecular complexity index is 1300. The van der Waals surface area contributed by atoms with Crippen LogP contribution >= 0.6 is 0 Å². The van der Waals surface area contributed by atoms with E-state index in [1.807, 2.05) is 44.4 Å². The summed E-state index contributed by atoms with van der Waals surface area (Å²) in [7, 11) is 5.58. The van der Waals surface area contributed by atoms with E-state index in [4.69, 9.17) is 14.2 Å². The summed E-state index contributed by atoms with van der Waals surface area (Å²) < 4.78 is 16.6. The highest BCUT2D eigenvalue weighted by molar-refractivity contribution is 5.95. The van der Waals surface area contributed by atoms with Crippen LogP contribution in [0, 0.1) is 0 Å². The van der Waals surface area contributed by atoms with Gasteiger partial charge in [0.2, 0.25) is 5.95 Å². The number of hydrogen-bond donors (Lipinski definition) is 1. The second kappa shape index (κ2) is 13.0. The largest absolute Gasteiger partial charge is 0.497 e. The lowest BCUT2D eigenvalue weighted by atomic mass is 10.2. The number of nitrogens with zero attached hydrogens (tertiary/aromatic N) is 5. The van der Waals surface area contributed by atoms with Crippen molar-refractivity contribution in [3.8, 4) is 11.5 Å². The number of rotatable bonds is 11. The molecule has 0 aliphatic carbocycles. The number of anilines is 4. The van der Waals surface area contributed by atoms with Crippen LogP contribution in [0.15, 0.2) is 85.3 Å². The van der Waals surface area contributed by atoms with Gasteiger partial charge in [-0.3, -0.25) is 4.98 Å². The Hall–Kier alpha value is -4.70. The molecule has 4 rings (SSSR count). The molecule has 0 radical (unpaired) electrons. The number of aromatic nitrogens is 3. The van der Waals surface area contributed by atoms with Crippen LogP contribution in [0.3, 0.4) is 0 Å². The maximum Gasteiger partial charge on any atom is 0.420 e. The minimum Gasteiger partial charge on any atom is -0.497 e. The van der Waals surface area contributed by atoms with Crippen LogP contribution in [0.5, 0.6) is 11.5 Å². The van der Waals surface area contributed by atoms with E-state index in [1.54, 1.807) is 62.1 Å². The Balaban J connectivity index is 1.52. The second-order valence-electron chi connectivity index (χ2n) is 8.49. The van der Waals surface area contributed by atoms with Gasteiger partial charge in [0.1, 0.15) is 30.5 Å². The minimum absolute atomic E-state index is 0.0679. The van der Waals surface area contributed by atoms with Gasteiger partial charge in [0.05, 0.1) is 12.8 Å². The molecular weight excluding hydrogens is 484 g/mol. The van der Waals surface area contributed by atoms with E-state index in [9.17, 15) is 4.79 Å². The van der Waals surface area contributed by atoms with E-state index in [0.29, 0.717) is 29.8 Å². The first-order chi connectivity index (χ1) is 18.5. The van der Waals surface area contributed by atoms with Crippen molar-refractivity contribution in [1.82, 2.24) is 19.9 Å². The molecule has 0 saturated heterocycles. The van der Waals surface area contributed by atoms with E-state index in [2.05, 4.69) is 25.2 Å². The number of carbonyl (C=O) groups is 1. The number of likely N-dealkylation sites (N-methyl/N-ethyl adjacent to an activating group) is 1. The SMILES string of the molecule is COc1ccc(N(C(=O)OCc2cccnc2)c2ccnc(Nc3ccc(OCCN(C)C)cc3)n2)cc1. The summed E-state index contributed by atoms with van der Waals surface area (Å²) >= 11 is 0. The average molecular weight is 515 g/mol. The third-order valence-electron chi connectivity index (χ3n) is 5.39. The molecule has 0 saturated carbocycles. The lowest BCUT2D eigenvalue weighted by molar-refractivity contribution is 0.149. The van der Waals surface area contributed by atoms with Gasteiger partial charge in [-0.05, 0) is 68.7 Å². The number of benzene rings is 2.